The normalized spacial score (nSPS) is 11.2. The van der Waals surface area contributed by atoms with Gasteiger partial charge in [-0.25, -0.2) is 8.42 Å². The molecule has 0 saturated carbocycles. The number of carbonyl (C=O) groups is 1. The van der Waals surface area contributed by atoms with Crippen molar-refractivity contribution < 1.29 is 18.3 Å². The molecule has 0 saturated heterocycles. The highest BCUT2D eigenvalue weighted by molar-refractivity contribution is 7.92. The molecule has 1 rings (SSSR count). The van der Waals surface area contributed by atoms with Crippen LogP contribution < -0.4 is 4.72 Å². The maximum absolute atomic E-state index is 11.3. The number of aliphatic carboxylic acids is 1. The minimum absolute atomic E-state index is 0.0821. The zero-order chi connectivity index (χ0) is 11.3. The van der Waals surface area contributed by atoms with Crippen LogP contribution in [0, 0.1) is 0 Å². The van der Waals surface area contributed by atoms with Crippen LogP contribution in [0.25, 0.3) is 0 Å². The molecule has 8 heteroatoms. The summed E-state index contributed by atoms with van der Waals surface area (Å²) in [4.78, 5) is 10.2. The Labute approximate surface area is 86.6 Å². The number of rotatable bonds is 6. The molecule has 1 aromatic rings. The fourth-order valence-electron chi connectivity index (χ4n) is 0.945. The summed E-state index contributed by atoms with van der Waals surface area (Å²) in [6.45, 7) is 0. The van der Waals surface area contributed by atoms with E-state index in [0.29, 0.717) is 0 Å². The van der Waals surface area contributed by atoms with E-state index in [2.05, 4.69) is 14.9 Å². The van der Waals surface area contributed by atoms with Gasteiger partial charge in [0.15, 0.2) is 0 Å². The molecule has 3 N–H and O–H groups in total. The van der Waals surface area contributed by atoms with Crippen molar-refractivity contribution in [2.45, 2.75) is 12.8 Å². The van der Waals surface area contributed by atoms with Gasteiger partial charge in [-0.15, -0.1) is 0 Å². The predicted molar refractivity (Wildman–Crippen MR) is 52.9 cm³/mol. The number of sulfonamides is 1. The number of anilines is 1. The van der Waals surface area contributed by atoms with Crippen LogP contribution in [0.4, 0.5) is 5.82 Å². The van der Waals surface area contributed by atoms with E-state index < -0.39 is 16.0 Å². The van der Waals surface area contributed by atoms with Gasteiger partial charge < -0.3 is 5.11 Å². The van der Waals surface area contributed by atoms with E-state index in [1.54, 1.807) is 0 Å². The highest BCUT2D eigenvalue weighted by atomic mass is 32.2. The van der Waals surface area contributed by atoms with Crippen LogP contribution in [0.2, 0.25) is 0 Å². The SMILES string of the molecule is O=C(O)CCCS(=O)(=O)Nc1ccn[nH]1. The fraction of sp³-hybridized carbons (Fsp3) is 0.429. The number of H-pyrrole nitrogens is 1. The highest BCUT2D eigenvalue weighted by Gasteiger charge is 2.11. The van der Waals surface area contributed by atoms with Crippen molar-refractivity contribution in [2.75, 3.05) is 10.5 Å². The third-order valence-electron chi connectivity index (χ3n) is 1.57. The maximum Gasteiger partial charge on any atom is 0.303 e. The summed E-state index contributed by atoms with van der Waals surface area (Å²) >= 11 is 0. The number of nitrogens with zero attached hydrogens (tertiary/aromatic N) is 1. The van der Waals surface area contributed by atoms with Gasteiger partial charge in [-0.2, -0.15) is 5.10 Å². The van der Waals surface area contributed by atoms with Gasteiger partial charge in [-0.1, -0.05) is 0 Å². The quantitative estimate of drug-likeness (QED) is 0.641. The average molecular weight is 233 g/mol. The van der Waals surface area contributed by atoms with Gasteiger partial charge in [0, 0.05) is 12.5 Å². The molecular formula is C7H11N3O4S. The molecule has 0 amide bonds. The molecule has 0 atom stereocenters. The molecule has 0 aliphatic heterocycles. The molecule has 0 spiro atoms. The molecule has 0 unspecified atom stereocenters. The molecule has 0 bridgehead atoms. The molecule has 1 aromatic heterocycles. The summed E-state index contributed by atoms with van der Waals surface area (Å²) in [5.41, 5.74) is 0. The van der Waals surface area contributed by atoms with Crippen LogP contribution >= 0.6 is 0 Å². The van der Waals surface area contributed by atoms with Crippen LogP contribution in [-0.4, -0.2) is 35.4 Å². The Hall–Kier alpha value is -1.57. The largest absolute Gasteiger partial charge is 0.481 e. The topological polar surface area (TPSA) is 112 Å². The maximum atomic E-state index is 11.3. The third-order valence-corrected chi connectivity index (χ3v) is 2.93. The first-order valence-electron chi connectivity index (χ1n) is 4.21. The van der Waals surface area contributed by atoms with Gasteiger partial charge >= 0.3 is 5.97 Å². The number of hydrogen-bond acceptors (Lipinski definition) is 4. The molecular weight excluding hydrogens is 222 g/mol. The molecule has 84 valence electrons. The smallest absolute Gasteiger partial charge is 0.303 e. The van der Waals surface area contributed by atoms with Crippen LogP contribution in [0.3, 0.4) is 0 Å². The third kappa shape index (κ3) is 4.45. The number of aromatic nitrogens is 2. The van der Waals surface area contributed by atoms with E-state index in [1.165, 1.54) is 12.3 Å². The van der Waals surface area contributed by atoms with E-state index in [9.17, 15) is 13.2 Å². The summed E-state index contributed by atoms with van der Waals surface area (Å²) in [5, 5.41) is 14.3. The van der Waals surface area contributed by atoms with Crippen molar-refractivity contribution in [3.8, 4) is 0 Å². The number of carboxylic acids is 1. The van der Waals surface area contributed by atoms with Crippen LogP contribution in [-0.2, 0) is 14.8 Å². The Morgan fingerprint density at radius 3 is 2.87 bits per heavy atom. The molecule has 0 radical (unpaired) electrons. The van der Waals surface area contributed by atoms with Crippen molar-refractivity contribution in [1.82, 2.24) is 10.2 Å². The first kappa shape index (κ1) is 11.5. The van der Waals surface area contributed by atoms with E-state index in [0.717, 1.165) is 0 Å². The van der Waals surface area contributed by atoms with Gasteiger partial charge in [0.2, 0.25) is 10.0 Å². The second-order valence-electron chi connectivity index (χ2n) is 2.89. The summed E-state index contributed by atoms with van der Waals surface area (Å²) in [6, 6.07) is 1.47. The second kappa shape index (κ2) is 4.78. The standard InChI is InChI=1S/C7H11N3O4S/c11-7(12)2-1-5-15(13,14)10-6-3-4-8-9-6/h3-4H,1-2,5H2,(H,11,12)(H2,8,9,10). The number of aromatic amines is 1. The lowest BCUT2D eigenvalue weighted by Crippen LogP contribution is -2.17. The minimum Gasteiger partial charge on any atom is -0.481 e. The molecule has 1 heterocycles. The minimum atomic E-state index is -3.48. The van der Waals surface area contributed by atoms with E-state index in [-0.39, 0.29) is 24.4 Å². The zero-order valence-electron chi connectivity index (χ0n) is 7.80. The van der Waals surface area contributed by atoms with E-state index in [4.69, 9.17) is 5.11 Å². The Kier molecular flexibility index (Phi) is 3.67. The Balaban J connectivity index is 2.43. The first-order valence-corrected chi connectivity index (χ1v) is 5.86. The molecule has 7 nitrogen and oxygen atoms in total. The lowest BCUT2D eigenvalue weighted by molar-refractivity contribution is -0.137. The highest BCUT2D eigenvalue weighted by Crippen LogP contribution is 2.04. The zero-order valence-corrected chi connectivity index (χ0v) is 8.62. The van der Waals surface area contributed by atoms with Gasteiger partial charge in [0.25, 0.3) is 0 Å². The Bertz CT molecular complexity index is 411. The summed E-state index contributed by atoms with van der Waals surface area (Å²) < 4.78 is 24.9. The molecule has 15 heavy (non-hydrogen) atoms. The number of carboxylic acid groups (broad SMARTS) is 1. The molecule has 0 fully saturated rings. The number of hydrogen-bond donors (Lipinski definition) is 3. The van der Waals surface area contributed by atoms with Gasteiger partial charge in [-0.05, 0) is 6.42 Å². The van der Waals surface area contributed by atoms with Crippen molar-refractivity contribution in [3.63, 3.8) is 0 Å². The molecule has 0 aliphatic carbocycles. The summed E-state index contributed by atoms with van der Waals surface area (Å²) in [6.07, 6.45) is 1.33. The van der Waals surface area contributed by atoms with Crippen LogP contribution in [0.5, 0.6) is 0 Å². The Morgan fingerprint density at radius 1 is 1.60 bits per heavy atom. The Morgan fingerprint density at radius 2 is 2.33 bits per heavy atom. The van der Waals surface area contributed by atoms with Crippen LogP contribution in [0.1, 0.15) is 12.8 Å². The average Bonchev–Trinajstić information content (AvgIpc) is 2.54. The van der Waals surface area contributed by atoms with Gasteiger partial charge in [0.1, 0.15) is 5.82 Å². The van der Waals surface area contributed by atoms with Crippen molar-refractivity contribution in [1.29, 1.82) is 0 Å². The van der Waals surface area contributed by atoms with Gasteiger partial charge in [-0.3, -0.25) is 14.6 Å². The fourth-order valence-corrected chi connectivity index (χ4v) is 2.02. The summed E-state index contributed by atoms with van der Waals surface area (Å²) in [5.74, 6) is -0.963. The van der Waals surface area contributed by atoms with Crippen molar-refractivity contribution >= 4 is 21.8 Å². The van der Waals surface area contributed by atoms with Crippen molar-refractivity contribution in [2.24, 2.45) is 0 Å². The first-order chi connectivity index (χ1) is 6.99. The molecule has 0 aliphatic rings. The van der Waals surface area contributed by atoms with E-state index in [1.807, 2.05) is 0 Å². The summed E-state index contributed by atoms with van der Waals surface area (Å²) in [7, 11) is -3.48. The molecule has 0 aromatic carbocycles. The monoisotopic (exact) mass is 233 g/mol. The lowest BCUT2D eigenvalue weighted by atomic mass is 10.3. The van der Waals surface area contributed by atoms with Gasteiger partial charge in [0.05, 0.1) is 11.9 Å². The van der Waals surface area contributed by atoms with Crippen molar-refractivity contribution in [3.05, 3.63) is 12.3 Å². The van der Waals surface area contributed by atoms with E-state index >= 15 is 0 Å². The second-order valence-corrected chi connectivity index (χ2v) is 4.73. The number of nitrogens with one attached hydrogen (secondary N) is 2. The van der Waals surface area contributed by atoms with Crippen LogP contribution in [0.15, 0.2) is 12.3 Å². The lowest BCUT2D eigenvalue weighted by Gasteiger charge is -2.03. The predicted octanol–water partition coefficient (Wildman–Crippen LogP) is 0.0162.